The van der Waals surface area contributed by atoms with Gasteiger partial charge in [-0.05, 0) is 18.2 Å². The first kappa shape index (κ1) is 11.4. The number of hydrogen-bond donors (Lipinski definition) is 1. The summed E-state index contributed by atoms with van der Waals surface area (Å²) in [6, 6.07) is 9.61. The minimum Gasteiger partial charge on any atom is -0.481 e. The minimum absolute atomic E-state index is 0.596. The van der Waals surface area contributed by atoms with Crippen LogP contribution < -0.4 is 10.1 Å². The molecule has 2 aromatic heterocycles. The molecule has 0 unspecified atom stereocenters. The zero-order valence-electron chi connectivity index (χ0n) is 9.30. The number of methoxy groups -OCH3 is 1. The molecule has 2 aromatic rings. The molecule has 0 aliphatic heterocycles. The summed E-state index contributed by atoms with van der Waals surface area (Å²) in [7, 11) is 1.59. The molecule has 0 fully saturated rings. The van der Waals surface area contributed by atoms with Crippen molar-refractivity contribution in [3.8, 4) is 11.9 Å². The fourth-order valence-corrected chi connectivity index (χ4v) is 2.07. The van der Waals surface area contributed by atoms with E-state index in [-0.39, 0.29) is 0 Å². The Kier molecular flexibility index (Phi) is 3.58. The van der Waals surface area contributed by atoms with Gasteiger partial charge >= 0.3 is 0 Å². The number of pyridine rings is 1. The molecule has 4 nitrogen and oxygen atoms in total. The Morgan fingerprint density at radius 2 is 2.29 bits per heavy atom. The van der Waals surface area contributed by atoms with Gasteiger partial charge in [0.05, 0.1) is 19.0 Å². The van der Waals surface area contributed by atoms with E-state index in [1.54, 1.807) is 19.4 Å². The quantitative estimate of drug-likeness (QED) is 0.899. The van der Waals surface area contributed by atoms with Crippen molar-refractivity contribution in [2.24, 2.45) is 0 Å². The second-order valence-corrected chi connectivity index (χ2v) is 4.49. The highest BCUT2D eigenvalue weighted by molar-refractivity contribution is 7.12. The normalized spacial score (nSPS) is 9.65. The summed E-state index contributed by atoms with van der Waals surface area (Å²) in [6.07, 6.45) is 1.72. The molecule has 0 amide bonds. The van der Waals surface area contributed by atoms with Gasteiger partial charge in [-0.2, -0.15) is 5.26 Å². The number of aromatic nitrogens is 1. The maximum atomic E-state index is 8.71. The van der Waals surface area contributed by atoms with Crippen LogP contribution in [-0.2, 0) is 6.54 Å². The molecular formula is C12H11N3OS. The molecule has 0 saturated heterocycles. The van der Waals surface area contributed by atoms with Crippen molar-refractivity contribution in [1.29, 1.82) is 5.26 Å². The first-order chi connectivity index (χ1) is 8.31. The summed E-state index contributed by atoms with van der Waals surface area (Å²) >= 11 is 1.49. The molecule has 0 atom stereocenters. The average Bonchev–Trinajstić information content (AvgIpc) is 2.85. The molecule has 0 aromatic carbocycles. The Balaban J connectivity index is 1.95. The van der Waals surface area contributed by atoms with Crippen molar-refractivity contribution in [1.82, 2.24) is 4.98 Å². The van der Waals surface area contributed by atoms with Crippen molar-refractivity contribution < 1.29 is 4.74 Å². The third-order valence-electron chi connectivity index (χ3n) is 2.18. The van der Waals surface area contributed by atoms with Gasteiger partial charge in [0.15, 0.2) is 0 Å². The fourth-order valence-electron chi connectivity index (χ4n) is 1.33. The summed E-state index contributed by atoms with van der Waals surface area (Å²) in [5.41, 5.74) is 0.928. The minimum atomic E-state index is 0.596. The van der Waals surface area contributed by atoms with E-state index in [1.165, 1.54) is 11.3 Å². The summed E-state index contributed by atoms with van der Waals surface area (Å²) in [6.45, 7) is 0.695. The number of anilines is 1. The maximum Gasteiger partial charge on any atom is 0.213 e. The third kappa shape index (κ3) is 2.95. The number of thiophene rings is 1. The number of nitriles is 1. The van der Waals surface area contributed by atoms with Gasteiger partial charge < -0.3 is 10.1 Å². The van der Waals surface area contributed by atoms with Gasteiger partial charge in [-0.1, -0.05) is 0 Å². The maximum absolute atomic E-state index is 8.71. The van der Waals surface area contributed by atoms with Crippen LogP contribution in [0, 0.1) is 11.3 Å². The van der Waals surface area contributed by atoms with Gasteiger partial charge in [-0.3, -0.25) is 0 Å². The first-order valence-corrected chi connectivity index (χ1v) is 5.86. The summed E-state index contributed by atoms with van der Waals surface area (Å²) < 4.78 is 4.98. The first-order valence-electron chi connectivity index (χ1n) is 5.04. The second-order valence-electron chi connectivity index (χ2n) is 3.32. The van der Waals surface area contributed by atoms with E-state index in [9.17, 15) is 0 Å². The van der Waals surface area contributed by atoms with Crippen LogP contribution in [0.3, 0.4) is 0 Å². The Labute approximate surface area is 103 Å². The van der Waals surface area contributed by atoms with Crippen molar-refractivity contribution >= 4 is 17.0 Å². The van der Waals surface area contributed by atoms with Crippen LogP contribution in [-0.4, -0.2) is 12.1 Å². The van der Waals surface area contributed by atoms with Crippen LogP contribution in [0.1, 0.15) is 9.75 Å². The van der Waals surface area contributed by atoms with Crippen LogP contribution >= 0.6 is 11.3 Å². The smallest absolute Gasteiger partial charge is 0.213 e. The molecule has 0 radical (unpaired) electrons. The lowest BCUT2D eigenvalue weighted by Gasteiger charge is -2.04. The van der Waals surface area contributed by atoms with E-state index in [0.29, 0.717) is 12.4 Å². The van der Waals surface area contributed by atoms with Gasteiger partial charge in [-0.25, -0.2) is 4.98 Å². The highest BCUT2D eigenvalue weighted by Crippen LogP contribution is 2.17. The van der Waals surface area contributed by atoms with Crippen LogP contribution in [0.25, 0.3) is 0 Å². The highest BCUT2D eigenvalue weighted by Gasteiger charge is 1.99. The van der Waals surface area contributed by atoms with Crippen molar-refractivity contribution in [2.45, 2.75) is 6.54 Å². The lowest BCUT2D eigenvalue weighted by atomic mass is 10.4. The average molecular weight is 245 g/mol. The topological polar surface area (TPSA) is 57.9 Å². The van der Waals surface area contributed by atoms with Crippen LogP contribution in [0.4, 0.5) is 5.69 Å². The summed E-state index contributed by atoms with van der Waals surface area (Å²) in [5, 5.41) is 11.9. The predicted octanol–water partition coefficient (Wildman–Crippen LogP) is 2.64. The number of nitrogens with zero attached hydrogens (tertiary/aromatic N) is 2. The van der Waals surface area contributed by atoms with Crippen LogP contribution in [0.2, 0.25) is 0 Å². The lowest BCUT2D eigenvalue weighted by molar-refractivity contribution is 0.398. The number of hydrogen-bond acceptors (Lipinski definition) is 5. The Morgan fingerprint density at radius 1 is 1.41 bits per heavy atom. The van der Waals surface area contributed by atoms with Crippen LogP contribution in [0.5, 0.6) is 5.88 Å². The molecule has 0 aliphatic rings. The largest absolute Gasteiger partial charge is 0.481 e. The number of rotatable bonds is 4. The van der Waals surface area contributed by atoms with E-state index in [1.807, 2.05) is 18.2 Å². The molecule has 0 spiro atoms. The lowest BCUT2D eigenvalue weighted by Crippen LogP contribution is -1.98. The SMILES string of the molecule is COc1ccc(NCc2ccc(C#N)s2)cn1. The molecule has 86 valence electrons. The molecular weight excluding hydrogens is 234 g/mol. The van der Waals surface area contributed by atoms with Crippen molar-refractivity contribution in [3.05, 3.63) is 40.2 Å². The van der Waals surface area contributed by atoms with E-state index < -0.39 is 0 Å². The standard InChI is InChI=1S/C12H11N3OS/c1-16-12-5-2-9(7-15-12)14-8-11-4-3-10(6-13)17-11/h2-5,7,14H,8H2,1H3. The molecule has 0 aliphatic carbocycles. The Morgan fingerprint density at radius 3 is 2.88 bits per heavy atom. The molecule has 2 heterocycles. The van der Waals surface area contributed by atoms with Gasteiger partial charge in [0.1, 0.15) is 10.9 Å². The molecule has 0 bridgehead atoms. The Hall–Kier alpha value is -2.06. The summed E-state index contributed by atoms with van der Waals surface area (Å²) in [4.78, 5) is 5.95. The van der Waals surface area contributed by atoms with Gasteiger partial charge in [0.2, 0.25) is 5.88 Å². The van der Waals surface area contributed by atoms with E-state index >= 15 is 0 Å². The van der Waals surface area contributed by atoms with Gasteiger partial charge in [0.25, 0.3) is 0 Å². The molecule has 1 N–H and O–H groups in total. The van der Waals surface area contributed by atoms with E-state index in [0.717, 1.165) is 15.4 Å². The third-order valence-corrected chi connectivity index (χ3v) is 3.17. The molecule has 2 rings (SSSR count). The predicted molar refractivity (Wildman–Crippen MR) is 67.1 cm³/mol. The van der Waals surface area contributed by atoms with Gasteiger partial charge in [-0.15, -0.1) is 11.3 Å². The van der Waals surface area contributed by atoms with Gasteiger partial charge in [0, 0.05) is 17.5 Å². The number of nitrogens with one attached hydrogen (secondary N) is 1. The zero-order valence-corrected chi connectivity index (χ0v) is 10.1. The molecule has 17 heavy (non-hydrogen) atoms. The van der Waals surface area contributed by atoms with E-state index in [4.69, 9.17) is 10.00 Å². The second kappa shape index (κ2) is 5.32. The van der Waals surface area contributed by atoms with Crippen LogP contribution in [0.15, 0.2) is 30.5 Å². The monoisotopic (exact) mass is 245 g/mol. The Bertz CT molecular complexity index is 527. The molecule has 0 saturated carbocycles. The van der Waals surface area contributed by atoms with Crippen molar-refractivity contribution in [2.75, 3.05) is 12.4 Å². The molecule has 5 heteroatoms. The van der Waals surface area contributed by atoms with E-state index in [2.05, 4.69) is 16.4 Å². The fraction of sp³-hybridized carbons (Fsp3) is 0.167. The van der Waals surface area contributed by atoms with Crippen molar-refractivity contribution in [3.63, 3.8) is 0 Å². The zero-order chi connectivity index (χ0) is 12.1. The highest BCUT2D eigenvalue weighted by atomic mass is 32.1. The summed E-state index contributed by atoms with van der Waals surface area (Å²) in [5.74, 6) is 0.596. The number of ether oxygens (including phenoxy) is 1.